The number of rotatable bonds is 5. The minimum atomic E-state index is -0.231. The van der Waals surface area contributed by atoms with Gasteiger partial charge in [0.15, 0.2) is 0 Å². The van der Waals surface area contributed by atoms with Gasteiger partial charge in [0.05, 0.1) is 22.6 Å². The summed E-state index contributed by atoms with van der Waals surface area (Å²) in [7, 11) is 0. The van der Waals surface area contributed by atoms with Gasteiger partial charge in [0.1, 0.15) is 17.2 Å². The summed E-state index contributed by atoms with van der Waals surface area (Å²) in [5, 5.41) is 24.6. The second kappa shape index (κ2) is 9.78. The maximum Gasteiger partial charge on any atom is 0.234 e. The maximum absolute atomic E-state index is 12.6. The predicted octanol–water partition coefficient (Wildman–Crippen LogP) is 5.55. The first-order valence-electron chi connectivity index (χ1n) is 10.1. The smallest absolute Gasteiger partial charge is 0.234 e. The molecule has 0 unspecified atom stereocenters. The van der Waals surface area contributed by atoms with Crippen LogP contribution in [0.3, 0.4) is 0 Å². The number of benzene rings is 1. The van der Waals surface area contributed by atoms with Gasteiger partial charge >= 0.3 is 0 Å². The molecule has 0 radical (unpaired) electrons. The summed E-state index contributed by atoms with van der Waals surface area (Å²) in [4.78, 5) is 18.5. The fourth-order valence-corrected chi connectivity index (χ4v) is 5.42. The van der Waals surface area contributed by atoms with Gasteiger partial charge in [-0.3, -0.25) is 4.79 Å². The molecule has 7 heteroatoms. The van der Waals surface area contributed by atoms with Crippen LogP contribution in [0.2, 0.25) is 0 Å². The molecular weight excluding hydrogens is 424 g/mol. The molecule has 0 bridgehead atoms. The van der Waals surface area contributed by atoms with Crippen LogP contribution in [0.4, 0.5) is 5.69 Å². The van der Waals surface area contributed by atoms with Gasteiger partial charge in [-0.1, -0.05) is 36.4 Å². The van der Waals surface area contributed by atoms with Crippen molar-refractivity contribution >= 4 is 34.7 Å². The zero-order chi connectivity index (χ0) is 21.6. The van der Waals surface area contributed by atoms with Gasteiger partial charge < -0.3 is 5.32 Å². The number of nitriles is 2. The van der Waals surface area contributed by atoms with Crippen molar-refractivity contribution in [2.45, 2.75) is 37.1 Å². The summed E-state index contributed by atoms with van der Waals surface area (Å²) >= 11 is 2.91. The minimum Gasteiger partial charge on any atom is -0.324 e. The van der Waals surface area contributed by atoms with E-state index in [1.54, 1.807) is 35.6 Å². The number of nitrogens with one attached hydrogen (secondary N) is 1. The average molecular weight is 445 g/mol. The number of aromatic nitrogens is 1. The first-order valence-corrected chi connectivity index (χ1v) is 12.0. The highest BCUT2D eigenvalue weighted by Gasteiger charge is 2.23. The molecule has 1 aliphatic rings. The number of nitrogens with zero attached hydrogens (tertiary/aromatic N) is 3. The number of aryl methyl sites for hydroxylation is 1. The number of thioether (sulfide) groups is 1. The first kappa shape index (κ1) is 21.1. The van der Waals surface area contributed by atoms with Gasteiger partial charge in [-0.05, 0) is 54.8 Å². The summed E-state index contributed by atoms with van der Waals surface area (Å²) in [6.45, 7) is 0. The van der Waals surface area contributed by atoms with Crippen LogP contribution in [0.15, 0.2) is 46.8 Å². The van der Waals surface area contributed by atoms with Gasteiger partial charge in [0.25, 0.3) is 0 Å². The third-order valence-electron chi connectivity index (χ3n) is 5.23. The average Bonchev–Trinajstić information content (AvgIpc) is 3.22. The Kier molecular flexibility index (Phi) is 6.66. The summed E-state index contributed by atoms with van der Waals surface area (Å²) in [6.07, 6.45) is 5.18. The van der Waals surface area contributed by atoms with E-state index < -0.39 is 0 Å². The number of hydrogen-bond acceptors (Lipinski definition) is 6. The van der Waals surface area contributed by atoms with Gasteiger partial charge in [0.2, 0.25) is 5.91 Å². The number of pyridine rings is 1. The van der Waals surface area contributed by atoms with E-state index in [4.69, 9.17) is 4.98 Å². The topological polar surface area (TPSA) is 89.6 Å². The second-order valence-electron chi connectivity index (χ2n) is 7.24. The minimum absolute atomic E-state index is 0.115. The molecule has 0 saturated heterocycles. The van der Waals surface area contributed by atoms with Crippen LogP contribution < -0.4 is 5.32 Å². The Labute approximate surface area is 189 Å². The quantitative estimate of drug-likeness (QED) is 0.411. The number of hydrogen-bond donors (Lipinski definition) is 1. The highest BCUT2D eigenvalue weighted by molar-refractivity contribution is 8.00. The van der Waals surface area contributed by atoms with Crippen LogP contribution >= 0.6 is 23.1 Å². The summed E-state index contributed by atoms with van der Waals surface area (Å²) in [5.74, 6) is -0.115. The SMILES string of the molecule is N#Cc1ccccc1NC(=O)CSc1nc2c(c(-c3cccs3)c1C#N)CCCCC2. The molecule has 2 aromatic heterocycles. The van der Waals surface area contributed by atoms with E-state index in [9.17, 15) is 15.3 Å². The Morgan fingerprint density at radius 3 is 2.71 bits per heavy atom. The summed E-state index contributed by atoms with van der Waals surface area (Å²) < 4.78 is 0. The molecule has 0 aliphatic heterocycles. The maximum atomic E-state index is 12.6. The van der Waals surface area contributed by atoms with Crippen LogP contribution in [0.5, 0.6) is 0 Å². The van der Waals surface area contributed by atoms with E-state index in [1.807, 2.05) is 17.5 Å². The van der Waals surface area contributed by atoms with Crippen LogP contribution in [0.25, 0.3) is 10.4 Å². The van der Waals surface area contributed by atoms with Crippen LogP contribution in [0, 0.1) is 22.7 Å². The zero-order valence-electron chi connectivity index (χ0n) is 16.9. The first-order chi connectivity index (χ1) is 15.2. The van der Waals surface area contributed by atoms with Gasteiger partial charge in [0, 0.05) is 16.1 Å². The monoisotopic (exact) mass is 444 g/mol. The fraction of sp³-hybridized carbons (Fsp3) is 0.250. The van der Waals surface area contributed by atoms with E-state index in [2.05, 4.69) is 17.5 Å². The molecule has 2 heterocycles. The van der Waals surface area contributed by atoms with Crippen LogP contribution in [-0.2, 0) is 17.6 Å². The molecule has 5 nitrogen and oxygen atoms in total. The molecule has 1 aromatic carbocycles. The van der Waals surface area contributed by atoms with Crippen molar-refractivity contribution in [2.75, 3.05) is 11.1 Å². The molecule has 1 amide bonds. The lowest BCUT2D eigenvalue weighted by atomic mass is 9.97. The lowest BCUT2D eigenvalue weighted by Gasteiger charge is -2.16. The lowest BCUT2D eigenvalue weighted by molar-refractivity contribution is -0.113. The standard InChI is InChI=1S/C24H20N4OS2/c25-13-16-7-4-5-9-19(16)27-22(29)15-31-24-18(14-26)23(21-11-6-12-30-21)17-8-2-1-3-10-20(17)28-24/h4-7,9,11-12H,1-3,8,10,15H2,(H,27,29). The molecule has 31 heavy (non-hydrogen) atoms. The van der Waals surface area contributed by atoms with Crippen molar-refractivity contribution in [1.82, 2.24) is 4.98 Å². The third kappa shape index (κ3) is 4.64. The van der Waals surface area contributed by atoms with Crippen molar-refractivity contribution in [3.63, 3.8) is 0 Å². The van der Waals surface area contributed by atoms with Crippen LogP contribution in [0.1, 0.15) is 41.6 Å². The van der Waals surface area contributed by atoms with Crippen LogP contribution in [-0.4, -0.2) is 16.6 Å². The molecule has 0 saturated carbocycles. The molecular formula is C24H20N4OS2. The molecule has 4 rings (SSSR count). The Balaban J connectivity index is 1.63. The van der Waals surface area contributed by atoms with Gasteiger partial charge in [-0.15, -0.1) is 11.3 Å². The molecule has 0 fully saturated rings. The molecule has 3 aromatic rings. The second-order valence-corrected chi connectivity index (χ2v) is 9.15. The number of para-hydroxylation sites is 1. The van der Waals surface area contributed by atoms with E-state index >= 15 is 0 Å². The fourth-order valence-electron chi connectivity index (χ4n) is 3.81. The number of anilines is 1. The van der Waals surface area contributed by atoms with Gasteiger partial charge in [-0.2, -0.15) is 10.5 Å². The van der Waals surface area contributed by atoms with Gasteiger partial charge in [-0.25, -0.2) is 4.98 Å². The molecule has 154 valence electrons. The van der Waals surface area contributed by atoms with Crippen molar-refractivity contribution in [3.05, 3.63) is 64.2 Å². The Bertz CT molecular complexity index is 1190. The van der Waals surface area contributed by atoms with Crippen molar-refractivity contribution in [2.24, 2.45) is 0 Å². The van der Waals surface area contributed by atoms with E-state index in [0.29, 0.717) is 21.8 Å². The number of amides is 1. The molecule has 0 atom stereocenters. The largest absolute Gasteiger partial charge is 0.324 e. The Morgan fingerprint density at radius 1 is 1.10 bits per heavy atom. The van der Waals surface area contributed by atoms with E-state index in [-0.39, 0.29) is 11.7 Å². The molecule has 1 N–H and O–H groups in total. The Morgan fingerprint density at radius 2 is 1.94 bits per heavy atom. The Hall–Kier alpha value is -3.13. The van der Waals surface area contributed by atoms with Crippen molar-refractivity contribution < 1.29 is 4.79 Å². The third-order valence-corrected chi connectivity index (χ3v) is 7.09. The van der Waals surface area contributed by atoms with E-state index in [1.165, 1.54) is 17.3 Å². The summed E-state index contributed by atoms with van der Waals surface area (Å²) in [5.41, 5.74) is 4.69. The number of thiophene rings is 1. The number of fused-ring (bicyclic) bond motifs is 1. The number of carbonyl (C=O) groups is 1. The highest BCUT2D eigenvalue weighted by Crippen LogP contribution is 2.39. The summed E-state index contributed by atoms with van der Waals surface area (Å²) in [6, 6.07) is 15.4. The zero-order valence-corrected chi connectivity index (χ0v) is 18.5. The number of carbonyl (C=O) groups excluding carboxylic acids is 1. The van der Waals surface area contributed by atoms with Crippen molar-refractivity contribution in [3.8, 4) is 22.6 Å². The van der Waals surface area contributed by atoms with E-state index in [0.717, 1.165) is 48.2 Å². The molecule has 0 spiro atoms. The highest BCUT2D eigenvalue weighted by atomic mass is 32.2. The normalized spacial score (nSPS) is 12.8. The predicted molar refractivity (Wildman–Crippen MR) is 124 cm³/mol. The lowest BCUT2D eigenvalue weighted by Crippen LogP contribution is -2.15. The van der Waals surface area contributed by atoms with Crippen molar-refractivity contribution in [1.29, 1.82) is 10.5 Å². The molecule has 1 aliphatic carbocycles.